The normalized spacial score (nSPS) is 18.9. The Hall–Kier alpha value is -0.300. The molecule has 1 heteroatoms. The van der Waals surface area contributed by atoms with Crippen LogP contribution in [0.4, 0.5) is 0 Å². The minimum atomic E-state index is 0.481. The van der Waals surface area contributed by atoms with E-state index in [4.69, 9.17) is 0 Å². The van der Waals surface area contributed by atoms with Crippen molar-refractivity contribution in [3.8, 4) is 0 Å². The van der Waals surface area contributed by atoms with E-state index in [-0.39, 0.29) is 0 Å². The molecule has 0 heterocycles. The molecule has 1 saturated carbocycles. The van der Waals surface area contributed by atoms with Gasteiger partial charge in [0.2, 0.25) is 0 Å². The second kappa shape index (κ2) is 6.92. The molecule has 0 nitrogen and oxygen atoms in total. The fourth-order valence-electron chi connectivity index (χ4n) is 3.57. The third-order valence-electron chi connectivity index (χ3n) is 4.98. The van der Waals surface area contributed by atoms with E-state index in [9.17, 15) is 0 Å². The molecular formula is C18H27Br. The third-order valence-corrected chi connectivity index (χ3v) is 5.67. The zero-order valence-electron chi connectivity index (χ0n) is 12.4. The van der Waals surface area contributed by atoms with Crippen LogP contribution in [0, 0.1) is 5.92 Å². The summed E-state index contributed by atoms with van der Waals surface area (Å²) in [7, 11) is 0. The van der Waals surface area contributed by atoms with Crippen molar-refractivity contribution in [2.45, 2.75) is 70.6 Å². The Morgan fingerprint density at radius 2 is 1.95 bits per heavy atom. The fourth-order valence-corrected chi connectivity index (χ4v) is 4.28. The second-order valence-electron chi connectivity index (χ2n) is 6.23. The van der Waals surface area contributed by atoms with Crippen LogP contribution in [0.3, 0.4) is 0 Å². The lowest BCUT2D eigenvalue weighted by atomic mass is 9.60. The molecular weight excluding hydrogens is 296 g/mol. The van der Waals surface area contributed by atoms with Gasteiger partial charge in [0.05, 0.1) is 0 Å². The predicted octanol–water partition coefficient (Wildman–Crippen LogP) is 6.48. The molecule has 0 saturated heterocycles. The van der Waals surface area contributed by atoms with Gasteiger partial charge in [0.1, 0.15) is 0 Å². The van der Waals surface area contributed by atoms with Crippen LogP contribution in [-0.2, 0) is 5.41 Å². The van der Waals surface area contributed by atoms with Crippen LogP contribution >= 0.6 is 15.9 Å². The van der Waals surface area contributed by atoms with E-state index < -0.39 is 0 Å². The zero-order chi connectivity index (χ0) is 13.7. The van der Waals surface area contributed by atoms with Crippen molar-refractivity contribution in [2.75, 3.05) is 0 Å². The first-order chi connectivity index (χ1) is 9.22. The summed E-state index contributed by atoms with van der Waals surface area (Å²) in [6, 6.07) is 8.89. The smallest absolute Gasteiger partial charge is 0.0212 e. The minimum absolute atomic E-state index is 0.481. The number of hydrogen-bond acceptors (Lipinski definition) is 0. The molecule has 106 valence electrons. The van der Waals surface area contributed by atoms with Gasteiger partial charge in [-0.25, -0.2) is 0 Å². The largest absolute Gasteiger partial charge is 0.0654 e. The van der Waals surface area contributed by atoms with E-state index in [2.05, 4.69) is 54.0 Å². The van der Waals surface area contributed by atoms with Crippen LogP contribution in [-0.4, -0.2) is 0 Å². The lowest BCUT2D eigenvalue weighted by Gasteiger charge is -2.45. The highest BCUT2D eigenvalue weighted by molar-refractivity contribution is 9.10. The molecule has 0 radical (unpaired) electrons. The SMILES string of the molecule is CCCCC(CC)CC1(c2ccccc2Br)CCC1. The van der Waals surface area contributed by atoms with E-state index in [1.807, 2.05) is 0 Å². The van der Waals surface area contributed by atoms with Crippen LogP contribution in [0.1, 0.15) is 70.8 Å². The Balaban J connectivity index is 2.12. The topological polar surface area (TPSA) is 0 Å². The summed E-state index contributed by atoms with van der Waals surface area (Å²) in [5.41, 5.74) is 2.05. The molecule has 0 spiro atoms. The van der Waals surface area contributed by atoms with Gasteiger partial charge in [0, 0.05) is 4.47 Å². The first kappa shape index (κ1) is 15.1. The van der Waals surface area contributed by atoms with Crippen molar-refractivity contribution in [2.24, 2.45) is 5.92 Å². The fraction of sp³-hybridized carbons (Fsp3) is 0.667. The highest BCUT2D eigenvalue weighted by Crippen LogP contribution is 2.51. The highest BCUT2D eigenvalue weighted by atomic mass is 79.9. The molecule has 19 heavy (non-hydrogen) atoms. The lowest BCUT2D eigenvalue weighted by molar-refractivity contribution is 0.179. The van der Waals surface area contributed by atoms with Crippen LogP contribution in [0.25, 0.3) is 0 Å². The van der Waals surface area contributed by atoms with Crippen LogP contribution in [0.15, 0.2) is 28.7 Å². The van der Waals surface area contributed by atoms with E-state index >= 15 is 0 Å². The molecule has 1 atom stereocenters. The second-order valence-corrected chi connectivity index (χ2v) is 7.09. The van der Waals surface area contributed by atoms with Crippen molar-refractivity contribution in [1.29, 1.82) is 0 Å². The first-order valence-electron chi connectivity index (χ1n) is 7.97. The van der Waals surface area contributed by atoms with Crippen molar-refractivity contribution in [1.82, 2.24) is 0 Å². The molecule has 0 aliphatic heterocycles. The Kier molecular flexibility index (Phi) is 5.50. The van der Waals surface area contributed by atoms with E-state index in [1.54, 1.807) is 5.56 Å². The van der Waals surface area contributed by atoms with Gasteiger partial charge in [-0.1, -0.05) is 80.1 Å². The van der Waals surface area contributed by atoms with Gasteiger partial charge in [-0.3, -0.25) is 0 Å². The number of hydrogen-bond donors (Lipinski definition) is 0. The van der Waals surface area contributed by atoms with Crippen molar-refractivity contribution < 1.29 is 0 Å². The molecule has 1 unspecified atom stereocenters. The maximum Gasteiger partial charge on any atom is 0.0212 e. The van der Waals surface area contributed by atoms with Gasteiger partial charge in [0.15, 0.2) is 0 Å². The van der Waals surface area contributed by atoms with E-state index in [0.29, 0.717) is 5.41 Å². The molecule has 2 rings (SSSR count). The quantitative estimate of drug-likeness (QED) is 0.539. The molecule has 0 N–H and O–H groups in total. The highest BCUT2D eigenvalue weighted by Gasteiger charge is 2.40. The van der Waals surface area contributed by atoms with E-state index in [1.165, 1.54) is 55.8 Å². The predicted molar refractivity (Wildman–Crippen MR) is 87.6 cm³/mol. The van der Waals surface area contributed by atoms with Gasteiger partial charge in [0.25, 0.3) is 0 Å². The first-order valence-corrected chi connectivity index (χ1v) is 8.76. The molecule has 1 aliphatic carbocycles. The Labute approximate surface area is 127 Å². The summed E-state index contributed by atoms with van der Waals surface area (Å²) in [5, 5.41) is 0. The van der Waals surface area contributed by atoms with Gasteiger partial charge in [-0.05, 0) is 42.2 Å². The van der Waals surface area contributed by atoms with Crippen molar-refractivity contribution >= 4 is 15.9 Å². The van der Waals surface area contributed by atoms with Crippen molar-refractivity contribution in [3.05, 3.63) is 34.3 Å². The van der Waals surface area contributed by atoms with Gasteiger partial charge in [-0.2, -0.15) is 0 Å². The van der Waals surface area contributed by atoms with Crippen molar-refractivity contribution in [3.63, 3.8) is 0 Å². The zero-order valence-corrected chi connectivity index (χ0v) is 14.0. The average molecular weight is 323 g/mol. The molecule has 0 bridgehead atoms. The molecule has 1 aliphatic rings. The molecule has 1 fully saturated rings. The third kappa shape index (κ3) is 3.42. The number of unbranched alkanes of at least 4 members (excludes halogenated alkanes) is 1. The number of benzene rings is 1. The summed E-state index contributed by atoms with van der Waals surface area (Å²) in [6.45, 7) is 4.67. The summed E-state index contributed by atoms with van der Waals surface area (Å²) < 4.78 is 1.32. The maximum absolute atomic E-state index is 3.77. The summed E-state index contributed by atoms with van der Waals surface area (Å²) in [5.74, 6) is 0.910. The molecule has 1 aromatic carbocycles. The minimum Gasteiger partial charge on any atom is -0.0654 e. The summed E-state index contributed by atoms with van der Waals surface area (Å²) in [4.78, 5) is 0. The van der Waals surface area contributed by atoms with Gasteiger partial charge >= 0.3 is 0 Å². The monoisotopic (exact) mass is 322 g/mol. The molecule has 0 amide bonds. The number of rotatable bonds is 7. The van der Waals surface area contributed by atoms with Crippen LogP contribution < -0.4 is 0 Å². The lowest BCUT2D eigenvalue weighted by Crippen LogP contribution is -2.36. The number of halogens is 1. The Bertz CT molecular complexity index is 392. The Morgan fingerprint density at radius 3 is 2.47 bits per heavy atom. The van der Waals surface area contributed by atoms with Gasteiger partial charge in [-0.15, -0.1) is 0 Å². The van der Waals surface area contributed by atoms with Crippen LogP contribution in [0.5, 0.6) is 0 Å². The molecule has 0 aromatic heterocycles. The van der Waals surface area contributed by atoms with Crippen LogP contribution in [0.2, 0.25) is 0 Å². The summed E-state index contributed by atoms with van der Waals surface area (Å²) in [6.07, 6.45) is 11.1. The Morgan fingerprint density at radius 1 is 1.21 bits per heavy atom. The standard InChI is InChI=1S/C18H27Br/c1-3-5-9-15(4-2)14-18(12-8-13-18)16-10-6-7-11-17(16)19/h6-7,10-11,15H,3-5,8-9,12-14H2,1-2H3. The van der Waals surface area contributed by atoms with Gasteiger partial charge < -0.3 is 0 Å². The van der Waals surface area contributed by atoms with E-state index in [0.717, 1.165) is 5.92 Å². The molecule has 1 aromatic rings. The maximum atomic E-state index is 3.77. The average Bonchev–Trinajstić information content (AvgIpc) is 2.39. The summed E-state index contributed by atoms with van der Waals surface area (Å²) >= 11 is 3.77.